The van der Waals surface area contributed by atoms with Crippen LogP contribution < -0.4 is 14.2 Å². The van der Waals surface area contributed by atoms with Crippen molar-refractivity contribution in [3.63, 3.8) is 0 Å². The van der Waals surface area contributed by atoms with Gasteiger partial charge in [0, 0.05) is 42.4 Å². The molecule has 0 radical (unpaired) electrons. The summed E-state index contributed by atoms with van der Waals surface area (Å²) in [5.74, 6) is 1.33. The van der Waals surface area contributed by atoms with E-state index in [0.29, 0.717) is 41.7 Å². The van der Waals surface area contributed by atoms with Crippen LogP contribution >= 0.6 is 11.3 Å². The first kappa shape index (κ1) is 19.3. The molecule has 2 aromatic carbocycles. The predicted molar refractivity (Wildman–Crippen MR) is 117 cm³/mol. The number of hydrogen-bond donors (Lipinski definition) is 0. The Balaban J connectivity index is 1.40. The summed E-state index contributed by atoms with van der Waals surface area (Å²) >= 11 is 1.56. The highest BCUT2D eigenvalue weighted by Gasteiger charge is 2.21. The number of hydrogen-bond acceptors (Lipinski definition) is 7. The lowest BCUT2D eigenvalue weighted by Gasteiger charge is -2.09. The smallest absolute Gasteiger partial charge is 0.347 e. The van der Waals surface area contributed by atoms with E-state index in [4.69, 9.17) is 14.2 Å². The van der Waals surface area contributed by atoms with Crippen LogP contribution in [0, 0.1) is 0 Å². The van der Waals surface area contributed by atoms with Crippen molar-refractivity contribution >= 4 is 17.3 Å². The number of thiazole rings is 1. The van der Waals surface area contributed by atoms with Gasteiger partial charge in [-0.3, -0.25) is 4.68 Å². The molecule has 0 aliphatic carbocycles. The van der Waals surface area contributed by atoms with Crippen molar-refractivity contribution in [2.75, 3.05) is 13.2 Å². The van der Waals surface area contributed by atoms with Gasteiger partial charge in [-0.1, -0.05) is 0 Å². The molecule has 0 saturated carbocycles. The minimum atomic E-state index is -0.475. The van der Waals surface area contributed by atoms with Crippen LogP contribution in [-0.4, -0.2) is 33.9 Å². The normalized spacial score (nSPS) is 12.9. The molecule has 1 aliphatic heterocycles. The molecule has 3 heterocycles. The van der Waals surface area contributed by atoms with E-state index in [1.54, 1.807) is 47.6 Å². The first-order valence-electron chi connectivity index (χ1n) is 9.83. The van der Waals surface area contributed by atoms with Crippen molar-refractivity contribution in [3.8, 4) is 39.1 Å². The minimum Gasteiger partial charge on any atom is -0.490 e. The van der Waals surface area contributed by atoms with Gasteiger partial charge in [-0.15, -0.1) is 11.3 Å². The maximum absolute atomic E-state index is 12.9. The zero-order valence-corrected chi connectivity index (χ0v) is 17.6. The molecule has 0 bridgehead atoms. The van der Waals surface area contributed by atoms with E-state index in [2.05, 4.69) is 10.1 Å². The highest BCUT2D eigenvalue weighted by molar-refractivity contribution is 7.13. The second kappa shape index (κ2) is 8.23. The number of benzene rings is 2. The second-order valence-corrected chi connectivity index (χ2v) is 7.92. The number of nitrogens with zero attached hydrogens (tertiary/aromatic N) is 3. The van der Waals surface area contributed by atoms with Crippen LogP contribution in [0.4, 0.5) is 0 Å². The molecule has 0 unspecified atom stereocenters. The lowest BCUT2D eigenvalue weighted by Crippen LogP contribution is -2.09. The third-order valence-corrected chi connectivity index (χ3v) is 5.64. The first-order chi connectivity index (χ1) is 15.2. The summed E-state index contributed by atoms with van der Waals surface area (Å²) in [6, 6.07) is 12.9. The summed E-state index contributed by atoms with van der Waals surface area (Å²) in [4.78, 5) is 17.2. The number of aromatic nitrogens is 3. The predicted octanol–water partition coefficient (Wildman–Crippen LogP) is 4.59. The molecule has 0 saturated heterocycles. The Bertz CT molecular complexity index is 1220. The maximum atomic E-state index is 12.9. The fourth-order valence-corrected chi connectivity index (χ4v) is 4.00. The van der Waals surface area contributed by atoms with Gasteiger partial charge in [-0.05, 0) is 42.5 Å². The van der Waals surface area contributed by atoms with Crippen LogP contribution in [0.5, 0.6) is 17.2 Å². The molecule has 0 fully saturated rings. The Morgan fingerprint density at radius 3 is 2.61 bits per heavy atom. The molecular weight excluding hydrogens is 414 g/mol. The van der Waals surface area contributed by atoms with Crippen LogP contribution in [0.2, 0.25) is 0 Å². The fourth-order valence-electron chi connectivity index (χ4n) is 3.36. The number of ether oxygens (including phenoxy) is 3. The summed E-state index contributed by atoms with van der Waals surface area (Å²) in [5.41, 5.74) is 2.64. The minimum absolute atomic E-state index is 0.376. The number of aryl methyl sites for hydroxylation is 1. The van der Waals surface area contributed by atoms with Gasteiger partial charge in [-0.25, -0.2) is 9.78 Å². The van der Waals surface area contributed by atoms with E-state index in [0.717, 1.165) is 22.6 Å². The van der Waals surface area contributed by atoms with Gasteiger partial charge in [0.15, 0.2) is 11.5 Å². The SMILES string of the molecule is Cn1cc(C(=O)Oc2ccc(-c3nccs3)cc2)c(-c2ccc3c(c2)OCCCO3)n1. The van der Waals surface area contributed by atoms with Gasteiger partial charge in [0.2, 0.25) is 0 Å². The molecule has 0 amide bonds. The van der Waals surface area contributed by atoms with Crippen LogP contribution in [-0.2, 0) is 7.05 Å². The molecule has 5 rings (SSSR count). The first-order valence-corrected chi connectivity index (χ1v) is 10.7. The molecule has 2 aromatic heterocycles. The van der Waals surface area contributed by atoms with Crippen molar-refractivity contribution < 1.29 is 19.0 Å². The lowest BCUT2D eigenvalue weighted by molar-refractivity contribution is 0.0735. The quantitative estimate of drug-likeness (QED) is 0.346. The average Bonchev–Trinajstić information content (AvgIpc) is 3.39. The van der Waals surface area contributed by atoms with E-state index in [-0.39, 0.29) is 0 Å². The molecule has 0 spiro atoms. The van der Waals surface area contributed by atoms with Crippen LogP contribution in [0.1, 0.15) is 16.8 Å². The average molecular weight is 433 g/mol. The summed E-state index contributed by atoms with van der Waals surface area (Å²) in [5, 5.41) is 7.32. The van der Waals surface area contributed by atoms with E-state index in [1.807, 2.05) is 35.7 Å². The molecular formula is C23H19N3O4S. The third-order valence-electron chi connectivity index (χ3n) is 4.81. The number of carbonyl (C=O) groups excluding carboxylic acids is 1. The Kier molecular flexibility index (Phi) is 5.13. The summed E-state index contributed by atoms with van der Waals surface area (Å²) < 4.78 is 18.7. The van der Waals surface area contributed by atoms with Gasteiger partial charge in [0.25, 0.3) is 0 Å². The number of carbonyl (C=O) groups is 1. The molecule has 8 heteroatoms. The second-order valence-electron chi connectivity index (χ2n) is 7.03. The van der Waals surface area contributed by atoms with E-state index in [1.165, 1.54) is 0 Å². The van der Waals surface area contributed by atoms with Crippen LogP contribution in [0.3, 0.4) is 0 Å². The van der Waals surface area contributed by atoms with E-state index < -0.39 is 5.97 Å². The largest absolute Gasteiger partial charge is 0.490 e. The molecule has 0 atom stereocenters. The van der Waals surface area contributed by atoms with Crippen molar-refractivity contribution in [2.45, 2.75) is 6.42 Å². The lowest BCUT2D eigenvalue weighted by atomic mass is 10.1. The van der Waals surface area contributed by atoms with Gasteiger partial charge < -0.3 is 14.2 Å². The summed E-state index contributed by atoms with van der Waals surface area (Å²) in [6.07, 6.45) is 4.24. The maximum Gasteiger partial charge on any atom is 0.347 e. The van der Waals surface area contributed by atoms with Gasteiger partial charge >= 0.3 is 5.97 Å². The van der Waals surface area contributed by atoms with E-state index >= 15 is 0 Å². The zero-order chi connectivity index (χ0) is 21.2. The van der Waals surface area contributed by atoms with Gasteiger partial charge in [0.1, 0.15) is 22.0 Å². The summed E-state index contributed by atoms with van der Waals surface area (Å²) in [7, 11) is 1.77. The van der Waals surface area contributed by atoms with Crippen molar-refractivity contribution in [1.82, 2.24) is 14.8 Å². The standard InChI is InChI=1S/C23H19N3O4S/c1-26-14-18(21(25-26)16-5-8-19-20(13-16)29-11-2-10-28-19)23(27)30-17-6-3-15(4-7-17)22-24-9-12-31-22/h3-9,12-14H,2,10-11H2,1H3. The van der Waals surface area contributed by atoms with Crippen molar-refractivity contribution in [1.29, 1.82) is 0 Å². The summed E-state index contributed by atoms with van der Waals surface area (Å²) in [6.45, 7) is 1.21. The van der Waals surface area contributed by atoms with Crippen LogP contribution in [0.15, 0.2) is 60.2 Å². The zero-order valence-electron chi connectivity index (χ0n) is 16.8. The molecule has 156 valence electrons. The Hall–Kier alpha value is -3.65. The molecule has 7 nitrogen and oxygen atoms in total. The number of fused-ring (bicyclic) bond motifs is 1. The van der Waals surface area contributed by atoms with Crippen LogP contribution in [0.25, 0.3) is 21.8 Å². The highest BCUT2D eigenvalue weighted by Crippen LogP contribution is 2.35. The van der Waals surface area contributed by atoms with Gasteiger partial charge in [0.05, 0.1) is 13.2 Å². The Morgan fingerprint density at radius 1 is 1.06 bits per heavy atom. The van der Waals surface area contributed by atoms with Crippen molar-refractivity contribution in [2.24, 2.45) is 7.05 Å². The topological polar surface area (TPSA) is 75.5 Å². The number of rotatable bonds is 4. The third kappa shape index (κ3) is 4.02. The molecule has 1 aliphatic rings. The molecule has 0 N–H and O–H groups in total. The highest BCUT2D eigenvalue weighted by atomic mass is 32.1. The van der Waals surface area contributed by atoms with Gasteiger partial charge in [-0.2, -0.15) is 5.10 Å². The monoisotopic (exact) mass is 433 g/mol. The molecule has 31 heavy (non-hydrogen) atoms. The van der Waals surface area contributed by atoms with E-state index in [9.17, 15) is 4.79 Å². The Morgan fingerprint density at radius 2 is 1.84 bits per heavy atom. The molecule has 4 aromatic rings. The Labute approximate surface area is 182 Å². The number of esters is 1. The fraction of sp³-hybridized carbons (Fsp3) is 0.174. The van der Waals surface area contributed by atoms with Crippen molar-refractivity contribution in [3.05, 3.63) is 65.8 Å².